The van der Waals surface area contributed by atoms with Crippen molar-refractivity contribution < 1.29 is 12.8 Å². The highest BCUT2D eigenvalue weighted by Crippen LogP contribution is 2.17. The van der Waals surface area contributed by atoms with Crippen molar-refractivity contribution in [3.8, 4) is 0 Å². The lowest BCUT2D eigenvalue weighted by molar-refractivity contribution is 0.374. The number of rotatable bonds is 7. The minimum atomic E-state index is -3.80. The van der Waals surface area contributed by atoms with E-state index in [0.717, 1.165) is 18.5 Å². The van der Waals surface area contributed by atoms with Crippen molar-refractivity contribution in [2.75, 3.05) is 13.1 Å². The van der Waals surface area contributed by atoms with Gasteiger partial charge in [0.1, 0.15) is 10.7 Å². The Morgan fingerprint density at radius 2 is 2.15 bits per heavy atom. The average Bonchev–Trinajstić information content (AvgIpc) is 2.33. The Labute approximate surface area is 124 Å². The third-order valence-electron chi connectivity index (χ3n) is 2.49. The van der Waals surface area contributed by atoms with Crippen molar-refractivity contribution in [2.45, 2.75) is 25.2 Å². The number of thiocarbonyl (C=S) groups is 1. The number of sulfonamides is 1. The Balaban J connectivity index is 3.06. The lowest BCUT2D eigenvalue weighted by atomic mass is 10.2. The lowest BCUT2D eigenvalue weighted by Crippen LogP contribution is -2.36. The number of halogens is 1. The molecule has 0 aliphatic carbocycles. The third kappa shape index (κ3) is 4.77. The summed E-state index contributed by atoms with van der Waals surface area (Å²) >= 11 is 4.77. The van der Waals surface area contributed by atoms with Crippen LogP contribution in [-0.2, 0) is 10.0 Å². The largest absolute Gasteiger partial charge is 0.393 e. The first-order valence-corrected chi connectivity index (χ1v) is 7.97. The summed E-state index contributed by atoms with van der Waals surface area (Å²) in [4.78, 5) is 3.65. The molecule has 1 aromatic rings. The van der Waals surface area contributed by atoms with E-state index in [4.69, 9.17) is 18.0 Å². The summed E-state index contributed by atoms with van der Waals surface area (Å²) in [6.07, 6.45) is 2.37. The van der Waals surface area contributed by atoms with Crippen LogP contribution in [0.2, 0.25) is 0 Å². The quantitative estimate of drug-likeness (QED) is 0.772. The second-order valence-electron chi connectivity index (χ2n) is 4.81. The Morgan fingerprint density at radius 1 is 1.50 bits per heavy atom. The SMILES string of the molecule is CC(C)CN(CCC(N)=S)S(=O)(=O)c1cncc(F)c1. The van der Waals surface area contributed by atoms with Gasteiger partial charge in [-0.25, -0.2) is 12.8 Å². The summed E-state index contributed by atoms with van der Waals surface area (Å²) in [5.41, 5.74) is 5.42. The van der Waals surface area contributed by atoms with Gasteiger partial charge in [-0.15, -0.1) is 0 Å². The zero-order valence-corrected chi connectivity index (χ0v) is 13.0. The summed E-state index contributed by atoms with van der Waals surface area (Å²) in [7, 11) is -3.80. The van der Waals surface area contributed by atoms with Crippen LogP contribution < -0.4 is 5.73 Å². The minimum absolute atomic E-state index is 0.123. The van der Waals surface area contributed by atoms with Crippen LogP contribution in [0, 0.1) is 11.7 Å². The fourth-order valence-corrected chi connectivity index (χ4v) is 3.31. The fourth-order valence-electron chi connectivity index (χ4n) is 1.63. The molecule has 112 valence electrons. The highest BCUT2D eigenvalue weighted by Gasteiger charge is 2.25. The molecule has 0 saturated carbocycles. The molecule has 0 aliphatic heterocycles. The summed E-state index contributed by atoms with van der Waals surface area (Å²) in [5.74, 6) is -0.567. The molecule has 0 radical (unpaired) electrons. The second-order valence-corrected chi connectivity index (χ2v) is 7.27. The average molecular weight is 319 g/mol. The Morgan fingerprint density at radius 3 is 2.65 bits per heavy atom. The number of hydrogen-bond donors (Lipinski definition) is 1. The molecule has 0 unspecified atom stereocenters. The first-order valence-electron chi connectivity index (χ1n) is 6.12. The second kappa shape index (κ2) is 7.05. The van der Waals surface area contributed by atoms with Crippen LogP contribution in [0.1, 0.15) is 20.3 Å². The normalized spacial score (nSPS) is 12.1. The number of nitrogens with two attached hydrogens (primary N) is 1. The molecular formula is C12H18FN3O2S2. The van der Waals surface area contributed by atoms with E-state index in [2.05, 4.69) is 4.98 Å². The van der Waals surface area contributed by atoms with Crippen molar-refractivity contribution >= 4 is 27.2 Å². The molecular weight excluding hydrogens is 301 g/mol. The lowest BCUT2D eigenvalue weighted by Gasteiger charge is -2.23. The van der Waals surface area contributed by atoms with Gasteiger partial charge >= 0.3 is 0 Å². The molecule has 0 atom stereocenters. The topological polar surface area (TPSA) is 76.3 Å². The van der Waals surface area contributed by atoms with Gasteiger partial charge in [0, 0.05) is 25.7 Å². The van der Waals surface area contributed by atoms with Crippen LogP contribution in [-0.4, -0.2) is 35.8 Å². The van der Waals surface area contributed by atoms with Gasteiger partial charge in [-0.2, -0.15) is 4.31 Å². The van der Waals surface area contributed by atoms with Gasteiger partial charge in [0.05, 0.1) is 11.2 Å². The molecule has 0 aromatic carbocycles. The highest BCUT2D eigenvalue weighted by molar-refractivity contribution is 7.89. The van der Waals surface area contributed by atoms with Crippen LogP contribution in [0.25, 0.3) is 0 Å². The van der Waals surface area contributed by atoms with Crippen LogP contribution in [0.5, 0.6) is 0 Å². The Hall–Kier alpha value is -1.12. The summed E-state index contributed by atoms with van der Waals surface area (Å²) in [5, 5.41) is 0. The van der Waals surface area contributed by atoms with E-state index in [1.165, 1.54) is 4.31 Å². The first kappa shape index (κ1) is 16.9. The molecule has 2 N–H and O–H groups in total. The van der Waals surface area contributed by atoms with Crippen molar-refractivity contribution in [3.63, 3.8) is 0 Å². The smallest absolute Gasteiger partial charge is 0.244 e. The standard InChI is InChI=1S/C12H18FN3O2S2/c1-9(2)8-16(4-3-12(14)19)20(17,18)11-5-10(13)6-15-7-11/h5-7,9H,3-4,8H2,1-2H3,(H2,14,19). The molecule has 1 rings (SSSR count). The van der Waals surface area contributed by atoms with Gasteiger partial charge < -0.3 is 5.73 Å². The maximum Gasteiger partial charge on any atom is 0.244 e. The zero-order chi connectivity index (χ0) is 15.3. The number of nitrogens with zero attached hydrogens (tertiary/aromatic N) is 2. The minimum Gasteiger partial charge on any atom is -0.393 e. The Kier molecular flexibility index (Phi) is 5.97. The summed E-state index contributed by atoms with van der Waals surface area (Å²) in [6.45, 7) is 4.27. The van der Waals surface area contributed by atoms with Crippen molar-refractivity contribution in [1.82, 2.24) is 9.29 Å². The van der Waals surface area contributed by atoms with E-state index >= 15 is 0 Å². The van der Waals surface area contributed by atoms with Crippen molar-refractivity contribution in [3.05, 3.63) is 24.3 Å². The molecule has 8 heteroatoms. The van der Waals surface area contributed by atoms with Crippen molar-refractivity contribution in [1.29, 1.82) is 0 Å². The van der Waals surface area contributed by atoms with E-state index in [0.29, 0.717) is 6.54 Å². The molecule has 0 saturated heterocycles. The fraction of sp³-hybridized carbons (Fsp3) is 0.500. The molecule has 20 heavy (non-hydrogen) atoms. The van der Waals surface area contributed by atoms with Gasteiger partial charge in [0.25, 0.3) is 0 Å². The molecule has 1 aromatic heterocycles. The van der Waals surface area contributed by atoms with Crippen LogP contribution in [0.15, 0.2) is 23.4 Å². The van der Waals surface area contributed by atoms with Gasteiger partial charge in [0.15, 0.2) is 0 Å². The van der Waals surface area contributed by atoms with E-state index in [1.807, 2.05) is 13.8 Å². The molecule has 0 fully saturated rings. The molecule has 0 spiro atoms. The monoisotopic (exact) mass is 319 g/mol. The predicted molar refractivity (Wildman–Crippen MR) is 79.2 cm³/mol. The van der Waals surface area contributed by atoms with Crippen LogP contribution in [0.3, 0.4) is 0 Å². The van der Waals surface area contributed by atoms with Crippen LogP contribution in [0.4, 0.5) is 4.39 Å². The zero-order valence-electron chi connectivity index (χ0n) is 11.4. The summed E-state index contributed by atoms with van der Waals surface area (Å²) in [6, 6.07) is 0.955. The highest BCUT2D eigenvalue weighted by atomic mass is 32.2. The van der Waals surface area contributed by atoms with Gasteiger partial charge in [-0.3, -0.25) is 4.98 Å². The molecule has 0 amide bonds. The van der Waals surface area contributed by atoms with E-state index in [9.17, 15) is 12.8 Å². The van der Waals surface area contributed by atoms with Crippen LogP contribution >= 0.6 is 12.2 Å². The van der Waals surface area contributed by atoms with E-state index in [-0.39, 0.29) is 28.8 Å². The van der Waals surface area contributed by atoms with E-state index < -0.39 is 15.8 Å². The van der Waals surface area contributed by atoms with Crippen molar-refractivity contribution in [2.24, 2.45) is 11.7 Å². The molecule has 1 heterocycles. The maximum atomic E-state index is 13.2. The van der Waals surface area contributed by atoms with Gasteiger partial charge in [-0.05, 0) is 12.0 Å². The molecule has 0 bridgehead atoms. The molecule has 5 nitrogen and oxygen atoms in total. The number of hydrogen-bond acceptors (Lipinski definition) is 4. The third-order valence-corrected chi connectivity index (χ3v) is 4.53. The molecule has 0 aliphatic rings. The maximum absolute atomic E-state index is 13.2. The number of aromatic nitrogens is 1. The number of pyridine rings is 1. The first-order chi connectivity index (χ1) is 9.23. The predicted octanol–water partition coefficient (Wildman–Crippen LogP) is 1.54. The van der Waals surface area contributed by atoms with E-state index in [1.54, 1.807) is 0 Å². The van der Waals surface area contributed by atoms with Gasteiger partial charge in [0.2, 0.25) is 10.0 Å². The summed E-state index contributed by atoms with van der Waals surface area (Å²) < 4.78 is 39.3. The van der Waals surface area contributed by atoms with Gasteiger partial charge in [-0.1, -0.05) is 26.1 Å². The Bertz CT molecular complexity index is 576.